The second-order valence-corrected chi connectivity index (χ2v) is 6.42. The van der Waals surface area contributed by atoms with Crippen molar-refractivity contribution in [3.63, 3.8) is 0 Å². The number of nitrogens with zero attached hydrogens (tertiary/aromatic N) is 1. The standard InChI is InChI=1S/C18H20N2S/c1-4-15-14-10-5-6-11-16(14)21-18(19-15)20-17-12(2)8-7-9-13(17)3/h5-11,15H,4H2,1-3H3,(H,19,20). The van der Waals surface area contributed by atoms with E-state index in [4.69, 9.17) is 4.99 Å². The van der Waals surface area contributed by atoms with Crippen LogP contribution in [0.1, 0.15) is 36.1 Å². The van der Waals surface area contributed by atoms with Gasteiger partial charge in [0, 0.05) is 10.6 Å². The fraction of sp³-hybridized carbons (Fsp3) is 0.278. The molecule has 1 atom stereocenters. The minimum absolute atomic E-state index is 0.259. The molecule has 1 heterocycles. The van der Waals surface area contributed by atoms with E-state index in [1.165, 1.54) is 27.3 Å². The molecular formula is C18H20N2S. The van der Waals surface area contributed by atoms with Crippen molar-refractivity contribution in [3.05, 3.63) is 59.2 Å². The van der Waals surface area contributed by atoms with E-state index in [2.05, 4.69) is 68.6 Å². The Balaban J connectivity index is 1.92. The van der Waals surface area contributed by atoms with E-state index >= 15 is 0 Å². The van der Waals surface area contributed by atoms with Gasteiger partial charge in [-0.2, -0.15) is 0 Å². The molecule has 0 saturated heterocycles. The number of aliphatic imine (C=N–C) groups is 1. The molecule has 0 saturated carbocycles. The van der Waals surface area contributed by atoms with Crippen LogP contribution in [-0.4, -0.2) is 5.17 Å². The van der Waals surface area contributed by atoms with Crippen molar-refractivity contribution in [1.82, 2.24) is 0 Å². The Kier molecular flexibility index (Phi) is 4.02. The monoisotopic (exact) mass is 296 g/mol. The summed E-state index contributed by atoms with van der Waals surface area (Å²) >= 11 is 1.73. The van der Waals surface area contributed by atoms with Crippen LogP contribution in [0, 0.1) is 13.8 Å². The fourth-order valence-corrected chi connectivity index (χ4v) is 3.69. The lowest BCUT2D eigenvalue weighted by Crippen LogP contribution is -2.16. The van der Waals surface area contributed by atoms with Crippen LogP contribution in [-0.2, 0) is 0 Å². The van der Waals surface area contributed by atoms with Crippen molar-refractivity contribution >= 4 is 22.6 Å². The topological polar surface area (TPSA) is 24.4 Å². The first-order valence-electron chi connectivity index (χ1n) is 7.37. The highest BCUT2D eigenvalue weighted by molar-refractivity contribution is 8.14. The van der Waals surface area contributed by atoms with E-state index in [9.17, 15) is 0 Å². The number of amidine groups is 1. The molecule has 108 valence electrons. The number of hydrogen-bond donors (Lipinski definition) is 1. The molecule has 0 radical (unpaired) electrons. The van der Waals surface area contributed by atoms with Crippen molar-refractivity contribution in [3.8, 4) is 0 Å². The van der Waals surface area contributed by atoms with E-state index in [1.807, 2.05) is 0 Å². The van der Waals surface area contributed by atoms with Gasteiger partial charge in [-0.05, 0) is 43.0 Å². The minimum Gasteiger partial charge on any atom is -0.334 e. The molecule has 0 aromatic heterocycles. The van der Waals surface area contributed by atoms with Crippen LogP contribution in [0.2, 0.25) is 0 Å². The normalized spacial score (nSPS) is 17.1. The maximum Gasteiger partial charge on any atom is 0.166 e. The number of anilines is 1. The fourth-order valence-electron chi connectivity index (χ4n) is 2.68. The van der Waals surface area contributed by atoms with Crippen molar-refractivity contribution in [2.45, 2.75) is 38.1 Å². The second kappa shape index (κ2) is 5.94. The first kappa shape index (κ1) is 14.2. The molecule has 3 rings (SSSR count). The van der Waals surface area contributed by atoms with Gasteiger partial charge in [-0.3, -0.25) is 4.99 Å². The van der Waals surface area contributed by atoms with Gasteiger partial charge in [0.25, 0.3) is 0 Å². The molecule has 3 heteroatoms. The van der Waals surface area contributed by atoms with Gasteiger partial charge in [0.05, 0.1) is 6.04 Å². The molecular weight excluding hydrogens is 276 g/mol. The van der Waals surface area contributed by atoms with Crippen LogP contribution in [0.3, 0.4) is 0 Å². The summed E-state index contributed by atoms with van der Waals surface area (Å²) < 4.78 is 0. The third-order valence-corrected chi connectivity index (χ3v) is 4.85. The third kappa shape index (κ3) is 2.84. The van der Waals surface area contributed by atoms with Crippen molar-refractivity contribution in [2.24, 2.45) is 4.99 Å². The Morgan fingerprint density at radius 3 is 2.48 bits per heavy atom. The molecule has 0 amide bonds. The summed E-state index contributed by atoms with van der Waals surface area (Å²) in [4.78, 5) is 6.20. The van der Waals surface area contributed by atoms with Crippen molar-refractivity contribution in [1.29, 1.82) is 0 Å². The third-order valence-electron chi connectivity index (χ3n) is 3.86. The number of para-hydroxylation sites is 1. The van der Waals surface area contributed by atoms with Crippen molar-refractivity contribution in [2.75, 3.05) is 5.32 Å². The zero-order chi connectivity index (χ0) is 14.8. The molecule has 0 fully saturated rings. The molecule has 0 spiro atoms. The molecule has 1 aliphatic heterocycles. The molecule has 1 N–H and O–H groups in total. The van der Waals surface area contributed by atoms with Gasteiger partial charge in [0.2, 0.25) is 0 Å². The summed E-state index contributed by atoms with van der Waals surface area (Å²) in [6.45, 7) is 6.46. The molecule has 2 aromatic rings. The van der Waals surface area contributed by atoms with Crippen LogP contribution >= 0.6 is 11.8 Å². The Hall–Kier alpha value is -1.74. The summed E-state index contributed by atoms with van der Waals surface area (Å²) in [6, 6.07) is 15.2. The number of aryl methyl sites for hydroxylation is 2. The summed E-state index contributed by atoms with van der Waals surface area (Å²) in [5.41, 5.74) is 5.03. The van der Waals surface area contributed by atoms with Gasteiger partial charge >= 0.3 is 0 Å². The summed E-state index contributed by atoms with van der Waals surface area (Å²) in [7, 11) is 0. The molecule has 1 unspecified atom stereocenters. The van der Waals surface area contributed by atoms with Gasteiger partial charge in [0.1, 0.15) is 0 Å². The van der Waals surface area contributed by atoms with Crippen LogP contribution in [0.4, 0.5) is 5.69 Å². The van der Waals surface area contributed by atoms with Crippen LogP contribution in [0.15, 0.2) is 52.4 Å². The van der Waals surface area contributed by atoms with Gasteiger partial charge in [-0.15, -0.1) is 0 Å². The number of hydrogen-bond acceptors (Lipinski definition) is 3. The number of rotatable bonds is 2. The minimum atomic E-state index is 0.259. The van der Waals surface area contributed by atoms with Crippen molar-refractivity contribution < 1.29 is 0 Å². The largest absolute Gasteiger partial charge is 0.334 e. The van der Waals surface area contributed by atoms with Gasteiger partial charge in [0.15, 0.2) is 5.17 Å². The highest BCUT2D eigenvalue weighted by Crippen LogP contribution is 2.38. The number of fused-ring (bicyclic) bond motifs is 1. The predicted octanol–water partition coefficient (Wildman–Crippen LogP) is 5.33. The molecule has 21 heavy (non-hydrogen) atoms. The van der Waals surface area contributed by atoms with E-state index in [-0.39, 0.29) is 6.04 Å². The first-order chi connectivity index (χ1) is 10.2. The Morgan fingerprint density at radius 1 is 1.05 bits per heavy atom. The van der Waals surface area contributed by atoms with E-state index in [1.54, 1.807) is 11.8 Å². The molecule has 2 nitrogen and oxygen atoms in total. The number of benzene rings is 2. The zero-order valence-electron chi connectivity index (χ0n) is 12.7. The van der Waals surface area contributed by atoms with Crippen LogP contribution in [0.25, 0.3) is 0 Å². The smallest absolute Gasteiger partial charge is 0.166 e. The maximum absolute atomic E-state index is 4.89. The Morgan fingerprint density at radius 2 is 1.76 bits per heavy atom. The SMILES string of the molecule is CCC1N=C(Nc2c(C)cccc2C)Sc2ccccc21. The zero-order valence-corrected chi connectivity index (χ0v) is 13.5. The quantitative estimate of drug-likeness (QED) is 0.810. The predicted molar refractivity (Wildman–Crippen MR) is 92.3 cm³/mol. The van der Waals surface area contributed by atoms with Crippen LogP contribution in [0.5, 0.6) is 0 Å². The Bertz CT molecular complexity index is 671. The Labute approximate surface area is 130 Å². The second-order valence-electron chi connectivity index (χ2n) is 5.39. The van der Waals surface area contributed by atoms with E-state index in [0.717, 1.165) is 11.6 Å². The highest BCUT2D eigenvalue weighted by atomic mass is 32.2. The van der Waals surface area contributed by atoms with Crippen LogP contribution < -0.4 is 5.32 Å². The van der Waals surface area contributed by atoms with E-state index < -0.39 is 0 Å². The molecule has 0 bridgehead atoms. The molecule has 0 aliphatic carbocycles. The molecule has 1 aliphatic rings. The van der Waals surface area contributed by atoms with Gasteiger partial charge < -0.3 is 5.32 Å². The summed E-state index contributed by atoms with van der Waals surface area (Å²) in [5, 5.41) is 4.53. The summed E-state index contributed by atoms with van der Waals surface area (Å²) in [5.74, 6) is 0. The lowest BCUT2D eigenvalue weighted by atomic mass is 10.1. The highest BCUT2D eigenvalue weighted by Gasteiger charge is 2.21. The summed E-state index contributed by atoms with van der Waals surface area (Å²) in [6.07, 6.45) is 1.02. The van der Waals surface area contributed by atoms with E-state index in [0.29, 0.717) is 0 Å². The number of nitrogens with one attached hydrogen (secondary N) is 1. The first-order valence-corrected chi connectivity index (χ1v) is 8.18. The van der Waals surface area contributed by atoms with Gasteiger partial charge in [-0.25, -0.2) is 0 Å². The molecule has 2 aromatic carbocycles. The lowest BCUT2D eigenvalue weighted by Gasteiger charge is -2.24. The number of thioether (sulfide) groups is 1. The average molecular weight is 296 g/mol. The lowest BCUT2D eigenvalue weighted by molar-refractivity contribution is 0.687. The maximum atomic E-state index is 4.89. The van der Waals surface area contributed by atoms with Gasteiger partial charge in [-0.1, -0.05) is 55.1 Å². The average Bonchev–Trinajstić information content (AvgIpc) is 2.50.